The van der Waals surface area contributed by atoms with Crippen LogP contribution in [-0.2, 0) is 6.42 Å². The average molecular weight is 237 g/mol. The van der Waals surface area contributed by atoms with Crippen LogP contribution in [0.1, 0.15) is 24.0 Å². The minimum Gasteiger partial charge on any atom is -0.508 e. The summed E-state index contributed by atoms with van der Waals surface area (Å²) in [7, 11) is 0. The SMILES string of the molecule is CSc1cc(C)c(O)cc1CC1CCCN1. The topological polar surface area (TPSA) is 32.3 Å². The Morgan fingerprint density at radius 3 is 2.94 bits per heavy atom. The van der Waals surface area contributed by atoms with Gasteiger partial charge in [0.1, 0.15) is 5.75 Å². The van der Waals surface area contributed by atoms with Gasteiger partial charge in [0, 0.05) is 10.9 Å². The number of hydrogen-bond donors (Lipinski definition) is 2. The Morgan fingerprint density at radius 1 is 1.50 bits per heavy atom. The lowest BCUT2D eigenvalue weighted by Gasteiger charge is -2.14. The van der Waals surface area contributed by atoms with Gasteiger partial charge < -0.3 is 10.4 Å². The lowest BCUT2D eigenvalue weighted by molar-refractivity contribution is 0.468. The fourth-order valence-electron chi connectivity index (χ4n) is 2.26. The van der Waals surface area contributed by atoms with Gasteiger partial charge in [-0.15, -0.1) is 11.8 Å². The van der Waals surface area contributed by atoms with Crippen LogP contribution in [0.2, 0.25) is 0 Å². The molecule has 1 aliphatic rings. The van der Waals surface area contributed by atoms with Crippen LogP contribution in [0, 0.1) is 6.92 Å². The maximum absolute atomic E-state index is 9.76. The highest BCUT2D eigenvalue weighted by molar-refractivity contribution is 7.98. The molecule has 88 valence electrons. The molecule has 1 saturated heterocycles. The third-order valence-electron chi connectivity index (χ3n) is 3.23. The first-order valence-electron chi connectivity index (χ1n) is 5.80. The zero-order valence-electron chi connectivity index (χ0n) is 9.92. The van der Waals surface area contributed by atoms with E-state index in [1.807, 2.05) is 13.0 Å². The van der Waals surface area contributed by atoms with Crippen LogP contribution < -0.4 is 5.32 Å². The van der Waals surface area contributed by atoms with Crippen LogP contribution in [0.4, 0.5) is 0 Å². The monoisotopic (exact) mass is 237 g/mol. The standard InChI is InChI=1S/C13H19NOS/c1-9-6-13(16-2)10(8-12(9)15)7-11-4-3-5-14-11/h6,8,11,14-15H,3-5,7H2,1-2H3. The molecule has 0 spiro atoms. The number of hydrogen-bond acceptors (Lipinski definition) is 3. The molecule has 1 aromatic carbocycles. The normalized spacial score (nSPS) is 20.2. The molecule has 0 aromatic heterocycles. The van der Waals surface area contributed by atoms with E-state index in [9.17, 15) is 5.11 Å². The van der Waals surface area contributed by atoms with Crippen LogP contribution in [0.5, 0.6) is 5.75 Å². The third kappa shape index (κ3) is 2.53. The van der Waals surface area contributed by atoms with Crippen molar-refractivity contribution in [3.05, 3.63) is 23.3 Å². The quantitative estimate of drug-likeness (QED) is 0.793. The predicted molar refractivity (Wildman–Crippen MR) is 69.4 cm³/mol. The van der Waals surface area contributed by atoms with Crippen molar-refractivity contribution in [3.63, 3.8) is 0 Å². The van der Waals surface area contributed by atoms with E-state index in [1.54, 1.807) is 11.8 Å². The fourth-order valence-corrected chi connectivity index (χ4v) is 2.96. The molecule has 0 amide bonds. The van der Waals surface area contributed by atoms with Gasteiger partial charge in [0.2, 0.25) is 0 Å². The van der Waals surface area contributed by atoms with Gasteiger partial charge in [-0.05, 0) is 62.2 Å². The van der Waals surface area contributed by atoms with Gasteiger partial charge in [-0.3, -0.25) is 0 Å². The molecule has 16 heavy (non-hydrogen) atoms. The number of benzene rings is 1. The summed E-state index contributed by atoms with van der Waals surface area (Å²) in [5, 5.41) is 13.3. The summed E-state index contributed by atoms with van der Waals surface area (Å²) in [6, 6.07) is 4.61. The first-order chi connectivity index (χ1) is 7.70. The first kappa shape index (κ1) is 11.8. The first-order valence-corrected chi connectivity index (χ1v) is 7.03. The molecule has 3 heteroatoms. The molecule has 1 aliphatic heterocycles. The number of phenols is 1. The van der Waals surface area contributed by atoms with E-state index in [4.69, 9.17) is 0 Å². The Balaban J connectivity index is 2.20. The lowest BCUT2D eigenvalue weighted by atomic mass is 10.0. The second-order valence-electron chi connectivity index (χ2n) is 4.45. The molecule has 2 N–H and O–H groups in total. The zero-order chi connectivity index (χ0) is 11.5. The molecule has 0 saturated carbocycles. The number of nitrogens with one attached hydrogen (secondary N) is 1. The number of thioether (sulfide) groups is 1. The summed E-state index contributed by atoms with van der Waals surface area (Å²) in [6.45, 7) is 3.09. The zero-order valence-corrected chi connectivity index (χ0v) is 10.7. The van der Waals surface area contributed by atoms with E-state index in [1.165, 1.54) is 23.3 Å². The highest BCUT2D eigenvalue weighted by atomic mass is 32.2. The van der Waals surface area contributed by atoms with Crippen molar-refractivity contribution < 1.29 is 5.11 Å². The number of aromatic hydroxyl groups is 1. The molecule has 1 aromatic rings. The fraction of sp³-hybridized carbons (Fsp3) is 0.538. The summed E-state index contributed by atoms with van der Waals surface area (Å²) in [6.07, 6.45) is 5.65. The van der Waals surface area contributed by atoms with Crippen LogP contribution in [0.3, 0.4) is 0 Å². The van der Waals surface area contributed by atoms with E-state index in [-0.39, 0.29) is 0 Å². The number of rotatable bonds is 3. The summed E-state index contributed by atoms with van der Waals surface area (Å²) in [5.74, 6) is 0.422. The van der Waals surface area contributed by atoms with E-state index >= 15 is 0 Å². The minimum atomic E-state index is 0.422. The van der Waals surface area contributed by atoms with Crippen molar-refractivity contribution in [2.45, 2.75) is 37.1 Å². The van der Waals surface area contributed by atoms with Crippen LogP contribution >= 0.6 is 11.8 Å². The minimum absolute atomic E-state index is 0.422. The second kappa shape index (κ2) is 5.11. The van der Waals surface area contributed by atoms with Gasteiger partial charge >= 0.3 is 0 Å². The van der Waals surface area contributed by atoms with Crippen molar-refractivity contribution in [2.75, 3.05) is 12.8 Å². The molecule has 2 rings (SSSR count). The Morgan fingerprint density at radius 2 is 2.31 bits per heavy atom. The Labute approximate surface area is 101 Å². The summed E-state index contributed by atoms with van der Waals surface area (Å²) in [5.41, 5.74) is 2.24. The smallest absolute Gasteiger partial charge is 0.118 e. The van der Waals surface area contributed by atoms with Crippen LogP contribution in [0.15, 0.2) is 17.0 Å². The molecule has 2 nitrogen and oxygen atoms in total. The Hall–Kier alpha value is -0.670. The molecule has 1 fully saturated rings. The molecule has 1 heterocycles. The largest absolute Gasteiger partial charge is 0.508 e. The van der Waals surface area contributed by atoms with Gasteiger partial charge in [-0.25, -0.2) is 0 Å². The van der Waals surface area contributed by atoms with Gasteiger partial charge in [-0.1, -0.05) is 0 Å². The Kier molecular flexibility index (Phi) is 3.77. The average Bonchev–Trinajstić information content (AvgIpc) is 2.76. The highest BCUT2D eigenvalue weighted by Gasteiger charge is 2.16. The molecule has 0 aliphatic carbocycles. The van der Waals surface area contributed by atoms with Gasteiger partial charge in [0.25, 0.3) is 0 Å². The maximum Gasteiger partial charge on any atom is 0.118 e. The summed E-state index contributed by atoms with van der Waals surface area (Å²) < 4.78 is 0. The number of aryl methyl sites for hydroxylation is 1. The molecular formula is C13H19NOS. The molecule has 0 bridgehead atoms. The van der Waals surface area contributed by atoms with E-state index in [0.717, 1.165) is 18.5 Å². The predicted octanol–water partition coefficient (Wildman–Crippen LogP) is 2.72. The van der Waals surface area contributed by atoms with E-state index in [2.05, 4.69) is 17.6 Å². The van der Waals surface area contributed by atoms with Crippen molar-refractivity contribution >= 4 is 11.8 Å². The third-order valence-corrected chi connectivity index (χ3v) is 4.05. The lowest BCUT2D eigenvalue weighted by Crippen LogP contribution is -2.23. The molecule has 1 atom stereocenters. The van der Waals surface area contributed by atoms with Crippen molar-refractivity contribution in [3.8, 4) is 5.75 Å². The van der Waals surface area contributed by atoms with Crippen molar-refractivity contribution in [2.24, 2.45) is 0 Å². The van der Waals surface area contributed by atoms with Crippen molar-refractivity contribution in [1.29, 1.82) is 0 Å². The van der Waals surface area contributed by atoms with Gasteiger partial charge in [-0.2, -0.15) is 0 Å². The summed E-state index contributed by atoms with van der Waals surface area (Å²) in [4.78, 5) is 1.30. The van der Waals surface area contributed by atoms with Crippen LogP contribution in [0.25, 0.3) is 0 Å². The van der Waals surface area contributed by atoms with E-state index < -0.39 is 0 Å². The Bertz CT molecular complexity index is 372. The molecule has 0 radical (unpaired) electrons. The maximum atomic E-state index is 9.76. The number of phenolic OH excluding ortho intramolecular Hbond substituents is 1. The van der Waals surface area contributed by atoms with Crippen LogP contribution in [-0.4, -0.2) is 23.9 Å². The van der Waals surface area contributed by atoms with Gasteiger partial charge in [0.15, 0.2) is 0 Å². The molecular weight excluding hydrogens is 218 g/mol. The van der Waals surface area contributed by atoms with E-state index in [0.29, 0.717) is 11.8 Å². The highest BCUT2D eigenvalue weighted by Crippen LogP contribution is 2.29. The second-order valence-corrected chi connectivity index (χ2v) is 5.30. The summed E-state index contributed by atoms with van der Waals surface area (Å²) >= 11 is 1.76. The molecule has 1 unspecified atom stereocenters. The van der Waals surface area contributed by atoms with Crippen molar-refractivity contribution in [1.82, 2.24) is 5.32 Å². The van der Waals surface area contributed by atoms with Gasteiger partial charge in [0.05, 0.1) is 0 Å².